The zero-order valence-corrected chi connectivity index (χ0v) is 11.4. The molecule has 0 unspecified atom stereocenters. The third-order valence-corrected chi connectivity index (χ3v) is 2.78. The van der Waals surface area contributed by atoms with E-state index < -0.39 is 0 Å². The van der Waals surface area contributed by atoms with Crippen LogP contribution in [0.15, 0.2) is 36.4 Å². The molecular formula is C12H6Cl4O. The van der Waals surface area contributed by atoms with Crippen LogP contribution in [-0.4, -0.2) is 0 Å². The summed E-state index contributed by atoms with van der Waals surface area (Å²) in [6, 6.07) is 9.87. The Kier molecular flexibility index (Phi) is 4.05. The van der Waals surface area contributed by atoms with Crippen LogP contribution in [0.25, 0.3) is 0 Å². The fourth-order valence-electron chi connectivity index (χ4n) is 1.31. The van der Waals surface area contributed by atoms with Gasteiger partial charge in [0.1, 0.15) is 11.5 Å². The van der Waals surface area contributed by atoms with E-state index in [4.69, 9.17) is 51.1 Å². The van der Waals surface area contributed by atoms with Gasteiger partial charge in [0.05, 0.1) is 0 Å². The molecule has 0 aromatic heterocycles. The summed E-state index contributed by atoms with van der Waals surface area (Å²) in [6.45, 7) is 0. The van der Waals surface area contributed by atoms with Crippen LogP contribution in [0.4, 0.5) is 0 Å². The van der Waals surface area contributed by atoms with Crippen LogP contribution in [-0.2, 0) is 0 Å². The highest BCUT2D eigenvalue weighted by Crippen LogP contribution is 2.31. The maximum Gasteiger partial charge on any atom is 0.130 e. The molecule has 5 heteroatoms. The van der Waals surface area contributed by atoms with Gasteiger partial charge in [0.25, 0.3) is 0 Å². The van der Waals surface area contributed by atoms with Crippen LogP contribution in [0.3, 0.4) is 0 Å². The molecule has 88 valence electrons. The van der Waals surface area contributed by atoms with Gasteiger partial charge in [0.2, 0.25) is 0 Å². The normalized spacial score (nSPS) is 10.4. The summed E-state index contributed by atoms with van der Waals surface area (Å²) < 4.78 is 5.56. The minimum Gasteiger partial charge on any atom is -0.457 e. The highest BCUT2D eigenvalue weighted by Gasteiger charge is 2.03. The fraction of sp³-hybridized carbons (Fsp3) is 0. The van der Waals surface area contributed by atoms with E-state index in [0.717, 1.165) is 0 Å². The standard InChI is InChI=1S/C12H6Cl4O/c13-7-1-8(14)4-11(3-7)17-12-5-9(15)2-10(16)6-12/h1-6H. The number of ether oxygens (including phenoxy) is 1. The zero-order valence-electron chi connectivity index (χ0n) is 8.38. The largest absolute Gasteiger partial charge is 0.457 e. The van der Waals surface area contributed by atoms with Gasteiger partial charge in [-0.3, -0.25) is 0 Å². The first-order chi connectivity index (χ1) is 8.02. The van der Waals surface area contributed by atoms with Crippen molar-refractivity contribution < 1.29 is 4.74 Å². The van der Waals surface area contributed by atoms with Gasteiger partial charge in [0, 0.05) is 20.1 Å². The second kappa shape index (κ2) is 5.36. The third kappa shape index (κ3) is 3.68. The van der Waals surface area contributed by atoms with E-state index in [0.29, 0.717) is 31.6 Å². The Morgan fingerprint density at radius 3 is 1.12 bits per heavy atom. The molecule has 0 aliphatic carbocycles. The summed E-state index contributed by atoms with van der Waals surface area (Å²) >= 11 is 23.4. The summed E-state index contributed by atoms with van der Waals surface area (Å²) in [6.07, 6.45) is 0. The van der Waals surface area contributed by atoms with Gasteiger partial charge in [-0.1, -0.05) is 46.4 Å². The maximum atomic E-state index is 5.86. The highest BCUT2D eigenvalue weighted by molar-refractivity contribution is 6.35. The Morgan fingerprint density at radius 2 is 0.824 bits per heavy atom. The summed E-state index contributed by atoms with van der Waals surface area (Å²) in [5.74, 6) is 1.06. The van der Waals surface area contributed by atoms with Gasteiger partial charge in [-0.15, -0.1) is 0 Å². The summed E-state index contributed by atoms with van der Waals surface area (Å²) in [7, 11) is 0. The average molecular weight is 308 g/mol. The monoisotopic (exact) mass is 306 g/mol. The maximum absolute atomic E-state index is 5.86. The van der Waals surface area contributed by atoms with Crippen molar-refractivity contribution in [3.8, 4) is 11.5 Å². The summed E-state index contributed by atoms with van der Waals surface area (Å²) in [5.41, 5.74) is 0. The molecule has 0 amide bonds. The van der Waals surface area contributed by atoms with Crippen molar-refractivity contribution >= 4 is 46.4 Å². The van der Waals surface area contributed by atoms with Gasteiger partial charge in [-0.2, -0.15) is 0 Å². The van der Waals surface area contributed by atoms with Gasteiger partial charge in [0.15, 0.2) is 0 Å². The minimum absolute atomic E-state index is 0.501. The van der Waals surface area contributed by atoms with Crippen molar-refractivity contribution in [3.05, 3.63) is 56.5 Å². The van der Waals surface area contributed by atoms with E-state index in [-0.39, 0.29) is 0 Å². The second-order valence-corrected chi connectivity index (χ2v) is 5.06. The van der Waals surface area contributed by atoms with Crippen molar-refractivity contribution in [1.82, 2.24) is 0 Å². The van der Waals surface area contributed by atoms with Gasteiger partial charge in [-0.05, 0) is 36.4 Å². The number of halogens is 4. The van der Waals surface area contributed by atoms with Crippen LogP contribution >= 0.6 is 46.4 Å². The molecule has 0 saturated carbocycles. The van der Waals surface area contributed by atoms with Crippen LogP contribution in [0.2, 0.25) is 20.1 Å². The van der Waals surface area contributed by atoms with Crippen molar-refractivity contribution in [2.24, 2.45) is 0 Å². The second-order valence-electron chi connectivity index (χ2n) is 3.31. The molecule has 17 heavy (non-hydrogen) atoms. The predicted octanol–water partition coefficient (Wildman–Crippen LogP) is 6.09. The summed E-state index contributed by atoms with van der Waals surface area (Å²) in [5, 5.41) is 2.00. The molecule has 0 aliphatic heterocycles. The topological polar surface area (TPSA) is 9.23 Å². The van der Waals surface area contributed by atoms with Crippen molar-refractivity contribution in [3.63, 3.8) is 0 Å². The van der Waals surface area contributed by atoms with Crippen molar-refractivity contribution in [2.45, 2.75) is 0 Å². The number of benzene rings is 2. The Labute approximate surface area is 119 Å². The van der Waals surface area contributed by atoms with E-state index in [1.807, 2.05) is 0 Å². The Balaban J connectivity index is 2.31. The molecule has 1 nitrogen and oxygen atoms in total. The van der Waals surface area contributed by atoms with E-state index in [9.17, 15) is 0 Å². The van der Waals surface area contributed by atoms with Gasteiger partial charge < -0.3 is 4.74 Å². The Morgan fingerprint density at radius 1 is 0.529 bits per heavy atom. The molecule has 0 aliphatic rings. The molecule has 0 radical (unpaired) electrons. The van der Waals surface area contributed by atoms with Gasteiger partial charge in [-0.25, -0.2) is 0 Å². The first-order valence-electron chi connectivity index (χ1n) is 4.63. The number of rotatable bonds is 2. The van der Waals surface area contributed by atoms with E-state index in [1.165, 1.54) is 0 Å². The van der Waals surface area contributed by atoms with Crippen LogP contribution in [0.1, 0.15) is 0 Å². The lowest BCUT2D eigenvalue weighted by molar-refractivity contribution is 0.483. The first-order valence-corrected chi connectivity index (χ1v) is 6.14. The SMILES string of the molecule is Clc1cc(Cl)cc(Oc2cc(Cl)cc(Cl)c2)c1. The van der Waals surface area contributed by atoms with Crippen LogP contribution in [0, 0.1) is 0 Å². The molecule has 0 N–H and O–H groups in total. The molecule has 0 heterocycles. The smallest absolute Gasteiger partial charge is 0.130 e. The molecule has 0 spiro atoms. The Bertz CT molecular complexity index is 464. The quantitative estimate of drug-likeness (QED) is 0.652. The lowest BCUT2D eigenvalue weighted by atomic mass is 10.3. The van der Waals surface area contributed by atoms with Crippen molar-refractivity contribution in [2.75, 3.05) is 0 Å². The molecule has 2 rings (SSSR count). The van der Waals surface area contributed by atoms with Gasteiger partial charge >= 0.3 is 0 Å². The third-order valence-electron chi connectivity index (χ3n) is 1.91. The van der Waals surface area contributed by atoms with E-state index in [2.05, 4.69) is 0 Å². The average Bonchev–Trinajstić information content (AvgIpc) is 2.13. The number of hydrogen-bond donors (Lipinski definition) is 0. The number of hydrogen-bond acceptors (Lipinski definition) is 1. The predicted molar refractivity (Wildman–Crippen MR) is 73.0 cm³/mol. The molecule has 0 atom stereocenters. The van der Waals surface area contributed by atoms with E-state index >= 15 is 0 Å². The molecule has 2 aromatic rings. The summed E-state index contributed by atoms with van der Waals surface area (Å²) in [4.78, 5) is 0. The molecule has 0 fully saturated rings. The lowest BCUT2D eigenvalue weighted by Gasteiger charge is -2.07. The first kappa shape index (κ1) is 12.8. The molecule has 2 aromatic carbocycles. The Hall–Kier alpha value is -0.600. The van der Waals surface area contributed by atoms with Crippen LogP contribution < -0.4 is 4.74 Å². The molecule has 0 bridgehead atoms. The fourth-order valence-corrected chi connectivity index (χ4v) is 2.32. The zero-order chi connectivity index (χ0) is 12.4. The van der Waals surface area contributed by atoms with Crippen molar-refractivity contribution in [1.29, 1.82) is 0 Å². The van der Waals surface area contributed by atoms with Crippen LogP contribution in [0.5, 0.6) is 11.5 Å². The highest BCUT2D eigenvalue weighted by atomic mass is 35.5. The molecule has 0 saturated heterocycles. The minimum atomic E-state index is 0.501. The lowest BCUT2D eigenvalue weighted by Crippen LogP contribution is -1.84. The molecular weight excluding hydrogens is 302 g/mol. The van der Waals surface area contributed by atoms with E-state index in [1.54, 1.807) is 36.4 Å².